The molecule has 0 saturated heterocycles. The highest BCUT2D eigenvalue weighted by Gasteiger charge is 2.26. The van der Waals surface area contributed by atoms with Crippen molar-refractivity contribution < 1.29 is 18.0 Å². The van der Waals surface area contributed by atoms with Crippen LogP contribution in [0, 0.1) is 0 Å². The standard InChI is InChI=1S/C8H9F3N2O/c9-8(10,11)5-12-13-7(14)6-3-1-2-4-6/h1-3,12H,4-5H2,(H,13,14). The Morgan fingerprint density at radius 2 is 2.21 bits per heavy atom. The van der Waals surface area contributed by atoms with Crippen LogP contribution in [0.25, 0.3) is 0 Å². The maximum atomic E-state index is 11.6. The summed E-state index contributed by atoms with van der Waals surface area (Å²) in [6, 6.07) is 0. The van der Waals surface area contributed by atoms with Gasteiger partial charge in [-0.15, -0.1) is 0 Å². The molecule has 6 heteroatoms. The lowest BCUT2D eigenvalue weighted by molar-refractivity contribution is -0.130. The molecular formula is C8H9F3N2O. The monoisotopic (exact) mass is 206 g/mol. The second-order valence-electron chi connectivity index (χ2n) is 2.75. The fraction of sp³-hybridized carbons (Fsp3) is 0.375. The molecule has 0 unspecified atom stereocenters. The summed E-state index contributed by atoms with van der Waals surface area (Å²) in [5.41, 5.74) is 4.22. The van der Waals surface area contributed by atoms with Gasteiger partial charge in [-0.1, -0.05) is 18.2 Å². The van der Waals surface area contributed by atoms with E-state index < -0.39 is 18.6 Å². The van der Waals surface area contributed by atoms with E-state index in [1.54, 1.807) is 18.2 Å². The Labute approximate surface area is 78.6 Å². The molecule has 0 fully saturated rings. The number of nitrogens with one attached hydrogen (secondary N) is 2. The van der Waals surface area contributed by atoms with E-state index >= 15 is 0 Å². The summed E-state index contributed by atoms with van der Waals surface area (Å²) in [7, 11) is 0. The Morgan fingerprint density at radius 3 is 2.71 bits per heavy atom. The van der Waals surface area contributed by atoms with Crippen LogP contribution in [0.5, 0.6) is 0 Å². The first kappa shape index (κ1) is 10.8. The maximum Gasteiger partial charge on any atom is 0.402 e. The third-order valence-corrected chi connectivity index (χ3v) is 1.55. The number of alkyl halides is 3. The maximum absolute atomic E-state index is 11.6. The smallest absolute Gasteiger partial charge is 0.287 e. The zero-order chi connectivity index (χ0) is 10.6. The molecule has 2 N–H and O–H groups in total. The summed E-state index contributed by atoms with van der Waals surface area (Å²) in [4.78, 5) is 11.1. The number of hydrazine groups is 1. The van der Waals surface area contributed by atoms with E-state index in [0.717, 1.165) is 0 Å². The van der Waals surface area contributed by atoms with E-state index in [9.17, 15) is 18.0 Å². The van der Waals surface area contributed by atoms with E-state index in [0.29, 0.717) is 12.0 Å². The van der Waals surface area contributed by atoms with Crippen molar-refractivity contribution in [1.82, 2.24) is 10.9 Å². The zero-order valence-electron chi connectivity index (χ0n) is 7.19. The molecule has 0 bridgehead atoms. The van der Waals surface area contributed by atoms with Gasteiger partial charge in [0, 0.05) is 5.57 Å². The lowest BCUT2D eigenvalue weighted by Crippen LogP contribution is -2.43. The van der Waals surface area contributed by atoms with E-state index in [1.807, 2.05) is 10.9 Å². The van der Waals surface area contributed by atoms with Crippen LogP contribution in [0.15, 0.2) is 23.8 Å². The molecule has 1 aliphatic rings. The Bertz CT molecular complexity index is 281. The second kappa shape index (κ2) is 4.28. The molecule has 1 rings (SSSR count). The van der Waals surface area contributed by atoms with Crippen molar-refractivity contribution in [2.45, 2.75) is 12.6 Å². The molecule has 3 nitrogen and oxygen atoms in total. The molecule has 1 amide bonds. The predicted octanol–water partition coefficient (Wildman–Crippen LogP) is 1.06. The number of amides is 1. The Balaban J connectivity index is 2.22. The quantitative estimate of drug-likeness (QED) is 0.678. The highest BCUT2D eigenvalue weighted by molar-refractivity contribution is 5.94. The lowest BCUT2D eigenvalue weighted by atomic mass is 10.2. The van der Waals surface area contributed by atoms with Crippen molar-refractivity contribution in [3.05, 3.63) is 23.8 Å². The van der Waals surface area contributed by atoms with E-state index in [4.69, 9.17) is 0 Å². The highest BCUT2D eigenvalue weighted by atomic mass is 19.4. The van der Waals surface area contributed by atoms with Crippen molar-refractivity contribution in [2.75, 3.05) is 6.54 Å². The van der Waals surface area contributed by atoms with E-state index in [-0.39, 0.29) is 0 Å². The summed E-state index contributed by atoms with van der Waals surface area (Å²) in [5, 5.41) is 0. The minimum absolute atomic E-state index is 0.444. The average Bonchev–Trinajstić information content (AvgIpc) is 2.53. The highest BCUT2D eigenvalue weighted by Crippen LogP contribution is 2.12. The van der Waals surface area contributed by atoms with Gasteiger partial charge in [0.25, 0.3) is 5.91 Å². The van der Waals surface area contributed by atoms with Gasteiger partial charge < -0.3 is 0 Å². The normalized spacial score (nSPS) is 15.5. The van der Waals surface area contributed by atoms with Gasteiger partial charge >= 0.3 is 6.18 Å². The van der Waals surface area contributed by atoms with Crippen LogP contribution in [0.3, 0.4) is 0 Å². The van der Waals surface area contributed by atoms with Crippen LogP contribution in [0.1, 0.15) is 6.42 Å². The van der Waals surface area contributed by atoms with Crippen molar-refractivity contribution in [3.8, 4) is 0 Å². The molecule has 0 saturated carbocycles. The van der Waals surface area contributed by atoms with Gasteiger partial charge in [0.15, 0.2) is 0 Å². The van der Waals surface area contributed by atoms with Gasteiger partial charge in [0.2, 0.25) is 0 Å². The number of allylic oxidation sites excluding steroid dienone is 3. The van der Waals surface area contributed by atoms with Crippen LogP contribution in [0.4, 0.5) is 13.2 Å². The first-order valence-corrected chi connectivity index (χ1v) is 3.95. The molecule has 0 atom stereocenters. The van der Waals surface area contributed by atoms with Gasteiger partial charge in [0.05, 0.1) is 0 Å². The lowest BCUT2D eigenvalue weighted by Gasteiger charge is -2.09. The van der Waals surface area contributed by atoms with Gasteiger partial charge in [0.1, 0.15) is 6.54 Å². The third kappa shape index (κ3) is 3.61. The molecule has 0 aromatic rings. The molecule has 14 heavy (non-hydrogen) atoms. The number of hydrogen-bond acceptors (Lipinski definition) is 2. The van der Waals surface area contributed by atoms with Crippen LogP contribution >= 0.6 is 0 Å². The fourth-order valence-corrected chi connectivity index (χ4v) is 0.921. The third-order valence-electron chi connectivity index (χ3n) is 1.55. The van der Waals surface area contributed by atoms with Crippen molar-refractivity contribution >= 4 is 5.91 Å². The molecule has 1 aliphatic carbocycles. The first-order chi connectivity index (χ1) is 6.49. The van der Waals surface area contributed by atoms with Gasteiger partial charge in [-0.3, -0.25) is 10.2 Å². The number of rotatable bonds is 3. The summed E-state index contributed by atoms with van der Waals surface area (Å²) in [6.07, 6.45) is 1.12. The fourth-order valence-electron chi connectivity index (χ4n) is 0.921. The van der Waals surface area contributed by atoms with Crippen molar-refractivity contribution in [2.24, 2.45) is 0 Å². The van der Waals surface area contributed by atoms with Crippen LogP contribution in [-0.4, -0.2) is 18.6 Å². The number of carbonyl (C=O) groups excluding carboxylic acids is 1. The van der Waals surface area contributed by atoms with E-state index in [1.165, 1.54) is 0 Å². The van der Waals surface area contributed by atoms with Gasteiger partial charge in [-0.2, -0.15) is 13.2 Å². The molecule has 0 aromatic carbocycles. The molecule has 0 aliphatic heterocycles. The van der Waals surface area contributed by atoms with Crippen molar-refractivity contribution in [1.29, 1.82) is 0 Å². The van der Waals surface area contributed by atoms with Gasteiger partial charge in [-0.05, 0) is 6.42 Å². The Hall–Kier alpha value is -1.30. The van der Waals surface area contributed by atoms with Crippen LogP contribution in [0.2, 0.25) is 0 Å². The topological polar surface area (TPSA) is 41.1 Å². The second-order valence-corrected chi connectivity index (χ2v) is 2.75. The summed E-state index contributed by atoms with van der Waals surface area (Å²) in [5.74, 6) is -0.528. The SMILES string of the molecule is O=C(NNCC(F)(F)F)C1=CC=CC1. The Morgan fingerprint density at radius 1 is 1.50 bits per heavy atom. The predicted molar refractivity (Wildman–Crippen MR) is 44.0 cm³/mol. The minimum atomic E-state index is -4.32. The van der Waals surface area contributed by atoms with E-state index in [2.05, 4.69) is 0 Å². The minimum Gasteiger partial charge on any atom is -0.287 e. The summed E-state index contributed by atoms with van der Waals surface area (Å²) < 4.78 is 34.9. The van der Waals surface area contributed by atoms with Crippen LogP contribution < -0.4 is 10.9 Å². The van der Waals surface area contributed by atoms with Crippen LogP contribution in [-0.2, 0) is 4.79 Å². The molecule has 0 heterocycles. The number of carbonyl (C=O) groups is 1. The number of hydrogen-bond donors (Lipinski definition) is 2. The molecule has 0 spiro atoms. The number of halogens is 3. The largest absolute Gasteiger partial charge is 0.402 e. The van der Waals surface area contributed by atoms with Crippen molar-refractivity contribution in [3.63, 3.8) is 0 Å². The summed E-state index contributed by atoms with van der Waals surface area (Å²) in [6.45, 7) is -1.24. The molecular weight excluding hydrogens is 197 g/mol. The van der Waals surface area contributed by atoms with Gasteiger partial charge in [-0.25, -0.2) is 5.43 Å². The zero-order valence-corrected chi connectivity index (χ0v) is 7.19. The molecule has 0 radical (unpaired) electrons. The Kier molecular flexibility index (Phi) is 3.29. The molecule has 78 valence electrons. The summed E-state index contributed by atoms with van der Waals surface area (Å²) >= 11 is 0. The molecule has 0 aromatic heterocycles. The first-order valence-electron chi connectivity index (χ1n) is 3.95. The average molecular weight is 206 g/mol.